The van der Waals surface area contributed by atoms with E-state index < -0.39 is 0 Å². The highest BCUT2D eigenvalue weighted by atomic mass is 32.2. The minimum atomic E-state index is -0.0995. The topological polar surface area (TPSA) is 68.0 Å². The maximum atomic E-state index is 12.3. The highest BCUT2D eigenvalue weighted by Crippen LogP contribution is 2.38. The number of carbonyl (C=O) groups is 1. The zero-order valence-corrected chi connectivity index (χ0v) is 11.9. The van der Waals surface area contributed by atoms with E-state index in [2.05, 4.69) is 10.3 Å². The quantitative estimate of drug-likeness (QED) is 0.890. The van der Waals surface area contributed by atoms with E-state index in [0.29, 0.717) is 5.56 Å². The maximum absolute atomic E-state index is 12.3. The summed E-state index contributed by atoms with van der Waals surface area (Å²) in [5, 5.41) is 2.88. The van der Waals surface area contributed by atoms with Gasteiger partial charge in [-0.3, -0.25) is 9.78 Å². The van der Waals surface area contributed by atoms with Gasteiger partial charge in [0, 0.05) is 40.3 Å². The van der Waals surface area contributed by atoms with Crippen LogP contribution in [-0.4, -0.2) is 16.6 Å². The molecule has 0 fully saturated rings. The number of carbonyl (C=O) groups excluding carboxylic acids is 1. The predicted molar refractivity (Wildman–Crippen MR) is 81.0 cm³/mol. The minimum Gasteiger partial charge on any atom is -0.323 e. The molecule has 3 N–H and O–H groups in total. The van der Waals surface area contributed by atoms with Gasteiger partial charge in [0.25, 0.3) is 5.91 Å². The van der Waals surface area contributed by atoms with Crippen LogP contribution in [0.25, 0.3) is 0 Å². The number of aromatic nitrogens is 1. The van der Waals surface area contributed by atoms with Crippen LogP contribution in [0.5, 0.6) is 0 Å². The number of hydrogen-bond acceptors (Lipinski definition) is 4. The second-order valence-electron chi connectivity index (χ2n) is 4.81. The fourth-order valence-electron chi connectivity index (χ4n) is 2.27. The van der Waals surface area contributed by atoms with E-state index in [1.54, 1.807) is 36.3 Å². The van der Waals surface area contributed by atoms with Gasteiger partial charge in [-0.25, -0.2) is 0 Å². The number of pyridine rings is 1. The van der Waals surface area contributed by atoms with Crippen LogP contribution in [-0.2, 0) is 0 Å². The summed E-state index contributed by atoms with van der Waals surface area (Å²) < 4.78 is 0. The van der Waals surface area contributed by atoms with Crippen molar-refractivity contribution in [1.82, 2.24) is 4.98 Å². The van der Waals surface area contributed by atoms with Gasteiger partial charge in [-0.15, -0.1) is 11.8 Å². The highest BCUT2D eigenvalue weighted by Gasteiger charge is 2.22. The Morgan fingerprint density at radius 1 is 1.40 bits per heavy atom. The van der Waals surface area contributed by atoms with E-state index >= 15 is 0 Å². The molecule has 1 aromatic heterocycles. The summed E-state index contributed by atoms with van der Waals surface area (Å²) in [6.07, 6.45) is 3.31. The number of amides is 1. The molecule has 0 saturated carbocycles. The summed E-state index contributed by atoms with van der Waals surface area (Å²) in [5.41, 5.74) is 9.58. The third-order valence-electron chi connectivity index (χ3n) is 3.36. The fraction of sp³-hybridized carbons (Fsp3) is 0.200. The van der Waals surface area contributed by atoms with Gasteiger partial charge in [0.15, 0.2) is 0 Å². The predicted octanol–water partition coefficient (Wildman–Crippen LogP) is 2.75. The first-order valence-corrected chi connectivity index (χ1v) is 7.38. The lowest BCUT2D eigenvalue weighted by Crippen LogP contribution is -2.14. The van der Waals surface area contributed by atoms with Gasteiger partial charge >= 0.3 is 0 Å². The minimum absolute atomic E-state index is 0.0750. The smallest absolute Gasteiger partial charge is 0.255 e. The third kappa shape index (κ3) is 2.42. The SMILES string of the molecule is Cc1cc2c(cc1C(=O)Nc1ccncc1)SC[C@@H]2N. The first-order valence-electron chi connectivity index (χ1n) is 6.39. The van der Waals surface area contributed by atoms with Crippen LogP contribution < -0.4 is 11.1 Å². The average Bonchev–Trinajstić information content (AvgIpc) is 2.80. The van der Waals surface area contributed by atoms with E-state index in [4.69, 9.17) is 5.73 Å². The standard InChI is InChI=1S/C15H15N3OS/c1-9-6-12-13(16)8-20-14(12)7-11(9)15(19)18-10-2-4-17-5-3-10/h2-7,13H,8,16H2,1H3,(H,17,18,19)/t13-/m0/s1. The van der Waals surface area contributed by atoms with Gasteiger partial charge in [-0.05, 0) is 36.2 Å². The van der Waals surface area contributed by atoms with Crippen LogP contribution in [0.3, 0.4) is 0 Å². The Balaban J connectivity index is 1.89. The second-order valence-corrected chi connectivity index (χ2v) is 5.87. The van der Waals surface area contributed by atoms with E-state index in [1.165, 1.54) is 0 Å². The van der Waals surface area contributed by atoms with Crippen molar-refractivity contribution < 1.29 is 4.79 Å². The van der Waals surface area contributed by atoms with Gasteiger partial charge in [-0.2, -0.15) is 0 Å². The number of rotatable bonds is 2. The van der Waals surface area contributed by atoms with E-state index in [0.717, 1.165) is 27.5 Å². The number of thioether (sulfide) groups is 1. The molecule has 2 aromatic rings. The molecule has 0 aliphatic carbocycles. The van der Waals surface area contributed by atoms with Crippen LogP contribution in [0.4, 0.5) is 5.69 Å². The Labute approximate surface area is 121 Å². The Morgan fingerprint density at radius 2 is 2.15 bits per heavy atom. The summed E-state index contributed by atoms with van der Waals surface area (Å²) in [5.74, 6) is 0.780. The van der Waals surface area contributed by atoms with Crippen molar-refractivity contribution in [2.75, 3.05) is 11.1 Å². The molecule has 1 atom stereocenters. The highest BCUT2D eigenvalue weighted by molar-refractivity contribution is 7.99. The molecule has 20 heavy (non-hydrogen) atoms. The molecule has 1 aliphatic heterocycles. The molecule has 1 aromatic carbocycles. The number of anilines is 1. The van der Waals surface area contributed by atoms with Gasteiger partial charge in [0.1, 0.15) is 0 Å². The number of nitrogens with two attached hydrogens (primary N) is 1. The monoisotopic (exact) mass is 285 g/mol. The zero-order chi connectivity index (χ0) is 14.1. The fourth-order valence-corrected chi connectivity index (χ4v) is 3.39. The molecule has 0 saturated heterocycles. The molecule has 1 amide bonds. The van der Waals surface area contributed by atoms with E-state index in [-0.39, 0.29) is 11.9 Å². The largest absolute Gasteiger partial charge is 0.323 e. The maximum Gasteiger partial charge on any atom is 0.255 e. The van der Waals surface area contributed by atoms with E-state index in [1.807, 2.05) is 19.1 Å². The Hall–Kier alpha value is -1.85. The van der Waals surface area contributed by atoms with Crippen molar-refractivity contribution in [3.05, 3.63) is 53.3 Å². The molecule has 3 rings (SSSR count). The van der Waals surface area contributed by atoms with Crippen LogP contribution in [0.15, 0.2) is 41.6 Å². The number of aryl methyl sites for hydroxylation is 1. The lowest BCUT2D eigenvalue weighted by Gasteiger charge is -2.11. The van der Waals surface area contributed by atoms with Gasteiger partial charge in [0.2, 0.25) is 0 Å². The molecule has 4 nitrogen and oxygen atoms in total. The molecular formula is C15H15N3OS. The third-order valence-corrected chi connectivity index (χ3v) is 4.55. The van der Waals surface area contributed by atoms with Crippen molar-refractivity contribution in [3.63, 3.8) is 0 Å². The van der Waals surface area contributed by atoms with E-state index in [9.17, 15) is 4.79 Å². The summed E-state index contributed by atoms with van der Waals surface area (Å²) in [6, 6.07) is 7.59. The summed E-state index contributed by atoms with van der Waals surface area (Å²) in [6.45, 7) is 1.94. The first-order chi connectivity index (χ1) is 9.65. The zero-order valence-electron chi connectivity index (χ0n) is 11.1. The number of fused-ring (bicyclic) bond motifs is 1. The van der Waals surface area contributed by atoms with Gasteiger partial charge < -0.3 is 11.1 Å². The van der Waals surface area contributed by atoms with Crippen LogP contribution >= 0.6 is 11.8 Å². The lowest BCUT2D eigenvalue weighted by molar-refractivity contribution is 0.102. The second kappa shape index (κ2) is 5.26. The number of nitrogens with one attached hydrogen (secondary N) is 1. The van der Waals surface area contributed by atoms with Crippen molar-refractivity contribution in [1.29, 1.82) is 0 Å². The van der Waals surface area contributed by atoms with Crippen molar-refractivity contribution in [2.24, 2.45) is 5.73 Å². The summed E-state index contributed by atoms with van der Waals surface area (Å²) >= 11 is 1.71. The number of nitrogens with zero attached hydrogens (tertiary/aromatic N) is 1. The van der Waals surface area contributed by atoms with Crippen LogP contribution in [0.1, 0.15) is 27.5 Å². The van der Waals surface area contributed by atoms with Crippen molar-refractivity contribution in [2.45, 2.75) is 17.9 Å². The normalized spacial score (nSPS) is 16.8. The van der Waals surface area contributed by atoms with Crippen molar-refractivity contribution in [3.8, 4) is 0 Å². The Kier molecular flexibility index (Phi) is 3.46. The molecule has 0 bridgehead atoms. The molecule has 2 heterocycles. The van der Waals surface area contributed by atoms with Crippen molar-refractivity contribution >= 4 is 23.4 Å². The average molecular weight is 285 g/mol. The Bertz CT molecular complexity index is 658. The number of hydrogen-bond donors (Lipinski definition) is 2. The number of benzene rings is 1. The molecule has 1 aliphatic rings. The molecule has 0 radical (unpaired) electrons. The molecule has 5 heteroatoms. The molecule has 102 valence electrons. The molecule has 0 spiro atoms. The summed E-state index contributed by atoms with van der Waals surface area (Å²) in [7, 11) is 0. The van der Waals surface area contributed by atoms with Gasteiger partial charge in [-0.1, -0.05) is 6.07 Å². The van der Waals surface area contributed by atoms with Crippen LogP contribution in [0, 0.1) is 6.92 Å². The lowest BCUT2D eigenvalue weighted by atomic mass is 10.0. The first kappa shape index (κ1) is 13.1. The van der Waals surface area contributed by atoms with Crippen LogP contribution in [0.2, 0.25) is 0 Å². The molecule has 0 unspecified atom stereocenters. The van der Waals surface area contributed by atoms with Gasteiger partial charge in [0.05, 0.1) is 0 Å². The summed E-state index contributed by atoms with van der Waals surface area (Å²) in [4.78, 5) is 17.4. The Morgan fingerprint density at radius 3 is 2.90 bits per heavy atom. The molecular weight excluding hydrogens is 270 g/mol.